The van der Waals surface area contributed by atoms with Crippen LogP contribution in [0.5, 0.6) is 0 Å². The first-order valence-corrected chi connectivity index (χ1v) is 8.89. The van der Waals surface area contributed by atoms with Gasteiger partial charge in [-0.25, -0.2) is 12.8 Å². The van der Waals surface area contributed by atoms with Crippen molar-refractivity contribution in [1.82, 2.24) is 4.31 Å². The zero-order valence-corrected chi connectivity index (χ0v) is 13.3. The van der Waals surface area contributed by atoms with Crippen LogP contribution in [0.25, 0.3) is 0 Å². The summed E-state index contributed by atoms with van der Waals surface area (Å²) >= 11 is 0. The number of nitrogens with zero attached hydrogens (tertiary/aromatic N) is 1. The molecule has 1 saturated heterocycles. The Balaban J connectivity index is 1.93. The lowest BCUT2D eigenvalue weighted by molar-refractivity contribution is -0.0883. The van der Waals surface area contributed by atoms with Gasteiger partial charge < -0.3 is 9.47 Å². The quantitative estimate of drug-likeness (QED) is 0.848. The Kier molecular flexibility index (Phi) is 4.49. The van der Waals surface area contributed by atoms with E-state index in [1.165, 1.54) is 28.6 Å². The number of ether oxygens (including phenoxy) is 2. The van der Waals surface area contributed by atoms with Crippen molar-refractivity contribution in [1.29, 1.82) is 0 Å². The van der Waals surface area contributed by atoms with E-state index in [4.69, 9.17) is 9.47 Å². The summed E-state index contributed by atoms with van der Waals surface area (Å²) in [6.45, 7) is 0.584. The lowest BCUT2D eigenvalue weighted by Crippen LogP contribution is -2.56. The van der Waals surface area contributed by atoms with Gasteiger partial charge in [-0.05, 0) is 31.4 Å². The van der Waals surface area contributed by atoms with E-state index >= 15 is 0 Å². The van der Waals surface area contributed by atoms with Crippen molar-refractivity contribution in [3.63, 3.8) is 0 Å². The summed E-state index contributed by atoms with van der Waals surface area (Å²) < 4.78 is 52.1. The first kappa shape index (κ1) is 15.9. The fourth-order valence-corrected chi connectivity index (χ4v) is 5.04. The van der Waals surface area contributed by atoms with Crippen molar-refractivity contribution < 1.29 is 22.3 Å². The third kappa shape index (κ3) is 2.78. The van der Waals surface area contributed by atoms with Crippen LogP contribution in [-0.4, -0.2) is 51.2 Å². The molecule has 2 aliphatic rings. The van der Waals surface area contributed by atoms with Crippen LogP contribution < -0.4 is 0 Å². The van der Waals surface area contributed by atoms with Crippen LogP contribution in [-0.2, 0) is 19.5 Å². The topological polar surface area (TPSA) is 55.8 Å². The van der Waals surface area contributed by atoms with Crippen molar-refractivity contribution in [2.75, 3.05) is 20.3 Å². The van der Waals surface area contributed by atoms with Gasteiger partial charge in [-0.3, -0.25) is 0 Å². The van der Waals surface area contributed by atoms with Gasteiger partial charge in [0.05, 0.1) is 24.9 Å². The molecule has 1 heterocycles. The van der Waals surface area contributed by atoms with Crippen molar-refractivity contribution in [2.45, 2.75) is 42.4 Å². The molecule has 1 aromatic rings. The fraction of sp³-hybridized carbons (Fsp3) is 0.600. The van der Waals surface area contributed by atoms with Crippen LogP contribution >= 0.6 is 0 Å². The summed E-state index contributed by atoms with van der Waals surface area (Å²) in [6.07, 6.45) is 2.06. The molecule has 0 N–H and O–H groups in total. The van der Waals surface area contributed by atoms with E-state index in [0.29, 0.717) is 13.0 Å². The monoisotopic (exact) mass is 329 g/mol. The Hall–Kier alpha value is -1.02. The number of morpholine rings is 1. The zero-order chi connectivity index (χ0) is 15.7. The first-order valence-electron chi connectivity index (χ1n) is 7.45. The van der Waals surface area contributed by atoms with E-state index in [-0.39, 0.29) is 29.7 Å². The molecule has 7 heteroatoms. The summed E-state index contributed by atoms with van der Waals surface area (Å²) in [6, 6.07) is 5.21. The number of hydrogen-bond acceptors (Lipinski definition) is 4. The van der Waals surface area contributed by atoms with Crippen molar-refractivity contribution in [3.05, 3.63) is 30.1 Å². The van der Waals surface area contributed by atoms with E-state index < -0.39 is 15.8 Å². The van der Waals surface area contributed by atoms with Gasteiger partial charge >= 0.3 is 0 Å². The highest BCUT2D eigenvalue weighted by Crippen LogP contribution is 2.33. The zero-order valence-electron chi connectivity index (χ0n) is 12.4. The maximum Gasteiger partial charge on any atom is 0.246 e. The number of halogens is 1. The molecule has 5 nitrogen and oxygen atoms in total. The Bertz CT molecular complexity index is 636. The second-order valence-corrected chi connectivity index (χ2v) is 7.55. The summed E-state index contributed by atoms with van der Waals surface area (Å²) in [5.41, 5.74) is 0. The summed E-state index contributed by atoms with van der Waals surface area (Å²) in [4.78, 5) is -0.268. The molecule has 2 fully saturated rings. The SMILES string of the molecule is CO[C@@H]1CC[C@@H]2OCCN(S(=O)(=O)c3ccccc3F)[C@@H]2C1. The second kappa shape index (κ2) is 6.23. The molecular formula is C15H20FNO4S. The number of fused-ring (bicyclic) bond motifs is 1. The largest absolute Gasteiger partial charge is 0.381 e. The molecule has 0 bridgehead atoms. The number of methoxy groups -OCH3 is 1. The molecule has 3 rings (SSSR count). The van der Waals surface area contributed by atoms with Crippen LogP contribution in [0, 0.1) is 5.82 Å². The minimum atomic E-state index is -3.87. The first-order chi connectivity index (χ1) is 10.5. The maximum atomic E-state index is 13.9. The maximum absolute atomic E-state index is 13.9. The third-order valence-electron chi connectivity index (χ3n) is 4.48. The van der Waals surface area contributed by atoms with Gasteiger partial charge in [0.1, 0.15) is 10.7 Å². The highest BCUT2D eigenvalue weighted by atomic mass is 32.2. The van der Waals surface area contributed by atoms with Crippen LogP contribution in [0.4, 0.5) is 4.39 Å². The Morgan fingerprint density at radius 1 is 1.32 bits per heavy atom. The molecule has 0 aromatic heterocycles. The van der Waals surface area contributed by atoms with Crippen LogP contribution in [0.15, 0.2) is 29.2 Å². The Labute approximate surface area is 130 Å². The van der Waals surface area contributed by atoms with Gasteiger partial charge in [0.15, 0.2) is 0 Å². The molecule has 122 valence electrons. The van der Waals surface area contributed by atoms with Crippen molar-refractivity contribution in [3.8, 4) is 0 Å². The van der Waals surface area contributed by atoms with Gasteiger partial charge in [-0.15, -0.1) is 0 Å². The predicted molar refractivity (Wildman–Crippen MR) is 78.5 cm³/mol. The molecule has 3 atom stereocenters. The highest BCUT2D eigenvalue weighted by molar-refractivity contribution is 7.89. The smallest absolute Gasteiger partial charge is 0.246 e. The van der Waals surface area contributed by atoms with Crippen molar-refractivity contribution in [2.24, 2.45) is 0 Å². The van der Waals surface area contributed by atoms with Gasteiger partial charge in [0.25, 0.3) is 0 Å². The standard InChI is InChI=1S/C15H20FNO4S/c1-20-11-6-7-14-13(10-11)17(8-9-21-14)22(18,19)15-5-3-2-4-12(15)16/h2-5,11,13-14H,6-10H2,1H3/t11-,13-,14+/m1/s1. The normalized spacial score (nSPS) is 30.0. The third-order valence-corrected chi connectivity index (χ3v) is 6.43. The Morgan fingerprint density at radius 2 is 2.09 bits per heavy atom. The summed E-state index contributed by atoms with van der Waals surface area (Å²) in [7, 11) is -2.24. The van der Waals surface area contributed by atoms with E-state index in [2.05, 4.69) is 0 Å². The number of rotatable bonds is 3. The number of benzene rings is 1. The number of hydrogen-bond donors (Lipinski definition) is 0. The van der Waals surface area contributed by atoms with Gasteiger partial charge in [0, 0.05) is 13.7 Å². The molecule has 0 amide bonds. The minimum absolute atomic E-state index is 0.0151. The van der Waals surface area contributed by atoms with E-state index in [1.54, 1.807) is 7.11 Å². The lowest BCUT2D eigenvalue weighted by Gasteiger charge is -2.44. The van der Waals surface area contributed by atoms with Crippen LogP contribution in [0.1, 0.15) is 19.3 Å². The van der Waals surface area contributed by atoms with E-state index in [9.17, 15) is 12.8 Å². The highest BCUT2D eigenvalue weighted by Gasteiger charge is 2.43. The molecule has 1 aromatic carbocycles. The minimum Gasteiger partial charge on any atom is -0.381 e. The van der Waals surface area contributed by atoms with Crippen molar-refractivity contribution >= 4 is 10.0 Å². The van der Waals surface area contributed by atoms with Gasteiger partial charge in [0.2, 0.25) is 10.0 Å². The van der Waals surface area contributed by atoms with Gasteiger partial charge in [-0.2, -0.15) is 4.31 Å². The molecule has 1 aliphatic heterocycles. The second-order valence-electron chi connectivity index (χ2n) is 5.69. The summed E-state index contributed by atoms with van der Waals surface area (Å²) in [5, 5.41) is 0. The molecule has 1 saturated carbocycles. The predicted octanol–water partition coefficient (Wildman–Crippen LogP) is 1.78. The fourth-order valence-electron chi connectivity index (χ4n) is 3.33. The van der Waals surface area contributed by atoms with E-state index in [1.807, 2.05) is 0 Å². The average molecular weight is 329 g/mol. The van der Waals surface area contributed by atoms with Crippen LogP contribution in [0.3, 0.4) is 0 Å². The average Bonchev–Trinajstić information content (AvgIpc) is 2.54. The van der Waals surface area contributed by atoms with Crippen LogP contribution in [0.2, 0.25) is 0 Å². The Morgan fingerprint density at radius 3 is 2.82 bits per heavy atom. The number of sulfonamides is 1. The van der Waals surface area contributed by atoms with Gasteiger partial charge in [-0.1, -0.05) is 12.1 Å². The molecular weight excluding hydrogens is 309 g/mol. The molecule has 0 radical (unpaired) electrons. The summed E-state index contributed by atoms with van der Waals surface area (Å²) in [5.74, 6) is -0.718. The lowest BCUT2D eigenvalue weighted by atomic mass is 9.89. The van der Waals surface area contributed by atoms with E-state index in [0.717, 1.165) is 12.8 Å². The molecule has 1 aliphatic carbocycles. The molecule has 0 spiro atoms. The molecule has 22 heavy (non-hydrogen) atoms. The molecule has 0 unspecified atom stereocenters.